The van der Waals surface area contributed by atoms with Crippen molar-refractivity contribution in [1.29, 1.82) is 0 Å². The van der Waals surface area contributed by atoms with Gasteiger partial charge in [-0.25, -0.2) is 9.97 Å². The van der Waals surface area contributed by atoms with Gasteiger partial charge in [0, 0.05) is 29.8 Å². The second-order valence-electron chi connectivity index (χ2n) is 9.20. The zero-order chi connectivity index (χ0) is 21.9. The number of carbonyl (C=O) groups excluding carboxylic acids is 1. The number of aryl methyl sites for hydroxylation is 4. The molecule has 1 fully saturated rings. The molecule has 1 saturated heterocycles. The van der Waals surface area contributed by atoms with Crippen molar-refractivity contribution < 1.29 is 4.79 Å². The molecule has 0 spiro atoms. The molecular formula is C26H31N3OS2. The fourth-order valence-electron chi connectivity index (χ4n) is 4.92. The number of benzene rings is 1. The Hall–Kier alpha value is -1.92. The molecule has 0 unspecified atom stereocenters. The van der Waals surface area contributed by atoms with E-state index in [0.29, 0.717) is 11.7 Å². The third kappa shape index (κ3) is 4.86. The monoisotopic (exact) mass is 465 g/mol. The summed E-state index contributed by atoms with van der Waals surface area (Å²) in [6.07, 6.45) is 8.90. The number of hydrogen-bond acceptors (Lipinski definition) is 5. The summed E-state index contributed by atoms with van der Waals surface area (Å²) in [6.45, 7) is 4.05. The van der Waals surface area contributed by atoms with Gasteiger partial charge < -0.3 is 4.90 Å². The first-order valence-corrected chi connectivity index (χ1v) is 13.7. The molecule has 0 bridgehead atoms. The number of rotatable bonds is 6. The fourth-order valence-corrected chi connectivity index (χ4v) is 7.24. The molecule has 3 heterocycles. The minimum Gasteiger partial charge on any atom is -0.342 e. The summed E-state index contributed by atoms with van der Waals surface area (Å²) in [6, 6.07) is 10.5. The molecule has 0 N–H and O–H groups in total. The maximum atomic E-state index is 12.9. The molecule has 1 aromatic carbocycles. The van der Waals surface area contributed by atoms with Gasteiger partial charge in [0.05, 0.1) is 5.75 Å². The maximum Gasteiger partial charge on any atom is 0.232 e. The lowest BCUT2D eigenvalue weighted by Gasteiger charge is -2.30. The van der Waals surface area contributed by atoms with Gasteiger partial charge in [0.25, 0.3) is 0 Å². The van der Waals surface area contributed by atoms with Gasteiger partial charge in [-0.3, -0.25) is 4.79 Å². The number of carbonyl (C=O) groups is 1. The minimum absolute atomic E-state index is 0.253. The molecule has 1 amide bonds. The Morgan fingerprint density at radius 2 is 1.97 bits per heavy atom. The highest BCUT2D eigenvalue weighted by Gasteiger charge is 2.24. The lowest BCUT2D eigenvalue weighted by molar-refractivity contribution is -0.130. The first kappa shape index (κ1) is 21.9. The molecule has 5 rings (SSSR count). The summed E-state index contributed by atoms with van der Waals surface area (Å²) in [7, 11) is 0. The Morgan fingerprint density at radius 3 is 2.81 bits per heavy atom. The molecule has 4 nitrogen and oxygen atoms in total. The van der Waals surface area contributed by atoms with Crippen LogP contribution in [-0.2, 0) is 30.5 Å². The van der Waals surface area contributed by atoms with E-state index in [9.17, 15) is 4.79 Å². The summed E-state index contributed by atoms with van der Waals surface area (Å²) in [5.41, 5.74) is 2.76. The number of aromatic nitrogens is 2. The van der Waals surface area contributed by atoms with E-state index in [1.807, 2.05) is 11.3 Å². The average Bonchev–Trinajstić information content (AvgIpc) is 3.20. The molecule has 1 atom stereocenters. The van der Waals surface area contributed by atoms with Gasteiger partial charge in [-0.1, -0.05) is 49.0 Å². The minimum atomic E-state index is 0.253. The van der Waals surface area contributed by atoms with Crippen LogP contribution < -0.4 is 0 Å². The Labute approximate surface area is 198 Å². The molecule has 168 valence electrons. The second kappa shape index (κ2) is 9.92. The van der Waals surface area contributed by atoms with Crippen LogP contribution in [0.4, 0.5) is 0 Å². The highest BCUT2D eigenvalue weighted by molar-refractivity contribution is 8.00. The number of hydrogen-bond donors (Lipinski definition) is 0. The van der Waals surface area contributed by atoms with Gasteiger partial charge in [0.15, 0.2) is 0 Å². The van der Waals surface area contributed by atoms with Crippen LogP contribution in [0.2, 0.25) is 0 Å². The van der Waals surface area contributed by atoms with Crippen molar-refractivity contribution in [3.05, 3.63) is 52.2 Å². The smallest absolute Gasteiger partial charge is 0.232 e. The van der Waals surface area contributed by atoms with E-state index in [2.05, 4.69) is 42.2 Å². The number of nitrogens with zero attached hydrogens (tertiary/aromatic N) is 3. The topological polar surface area (TPSA) is 46.1 Å². The van der Waals surface area contributed by atoms with E-state index in [4.69, 9.17) is 9.97 Å². The third-order valence-corrected chi connectivity index (χ3v) is 8.80. The first-order chi connectivity index (χ1) is 15.7. The maximum absolute atomic E-state index is 12.9. The van der Waals surface area contributed by atoms with E-state index in [1.54, 1.807) is 11.8 Å². The predicted molar refractivity (Wildman–Crippen MR) is 134 cm³/mol. The van der Waals surface area contributed by atoms with Crippen LogP contribution in [0, 0.1) is 5.92 Å². The van der Waals surface area contributed by atoms with Gasteiger partial charge >= 0.3 is 0 Å². The zero-order valence-corrected chi connectivity index (χ0v) is 20.4. The zero-order valence-electron chi connectivity index (χ0n) is 18.8. The quantitative estimate of drug-likeness (QED) is 0.346. The molecule has 2 aliphatic rings. The molecule has 2 aromatic heterocycles. The second-order valence-corrected chi connectivity index (χ2v) is 11.2. The summed E-state index contributed by atoms with van der Waals surface area (Å²) in [4.78, 5) is 27.6. The number of thioether (sulfide) groups is 1. The largest absolute Gasteiger partial charge is 0.342 e. The van der Waals surface area contributed by atoms with Gasteiger partial charge in [0.2, 0.25) is 5.91 Å². The van der Waals surface area contributed by atoms with Crippen LogP contribution in [0.25, 0.3) is 10.2 Å². The van der Waals surface area contributed by atoms with Gasteiger partial charge in [0.1, 0.15) is 15.7 Å². The lowest BCUT2D eigenvalue weighted by atomic mass is 9.97. The predicted octanol–water partition coefficient (Wildman–Crippen LogP) is 5.71. The van der Waals surface area contributed by atoms with Crippen molar-refractivity contribution >= 4 is 39.2 Å². The van der Waals surface area contributed by atoms with Crippen molar-refractivity contribution in [2.45, 2.75) is 63.3 Å². The summed E-state index contributed by atoms with van der Waals surface area (Å²) in [5.74, 6) is 2.24. The summed E-state index contributed by atoms with van der Waals surface area (Å²) >= 11 is 3.48. The Bertz CT molecular complexity index is 1100. The number of fused-ring (bicyclic) bond motifs is 3. The van der Waals surface area contributed by atoms with Crippen LogP contribution in [0.3, 0.4) is 0 Å². The van der Waals surface area contributed by atoms with E-state index in [0.717, 1.165) is 60.9 Å². The standard InChI is InChI=1S/C26H31N3OS2/c1-18-8-7-15-29(16-18)23(30)17-31-25-24-20-11-5-6-12-21(20)32-26(24)28-22(27-25)14-13-19-9-3-2-4-10-19/h2-4,9-10,18H,5-8,11-17H2,1H3/t18-/m0/s1. The number of likely N-dealkylation sites (tertiary alicyclic amines) is 1. The normalized spacial score (nSPS) is 18.7. The summed E-state index contributed by atoms with van der Waals surface area (Å²) in [5, 5.41) is 2.26. The Balaban J connectivity index is 1.39. The van der Waals surface area contributed by atoms with Gasteiger partial charge in [-0.15, -0.1) is 11.3 Å². The van der Waals surface area contributed by atoms with E-state index >= 15 is 0 Å². The van der Waals surface area contributed by atoms with Crippen molar-refractivity contribution in [3.8, 4) is 0 Å². The van der Waals surface area contributed by atoms with E-state index < -0.39 is 0 Å². The number of amides is 1. The third-order valence-electron chi connectivity index (χ3n) is 6.65. The van der Waals surface area contributed by atoms with E-state index in [-0.39, 0.29) is 5.91 Å². The lowest BCUT2D eigenvalue weighted by Crippen LogP contribution is -2.40. The Morgan fingerprint density at radius 1 is 1.12 bits per heavy atom. The molecule has 6 heteroatoms. The number of piperidine rings is 1. The first-order valence-electron chi connectivity index (χ1n) is 11.9. The average molecular weight is 466 g/mol. The van der Waals surface area contributed by atoms with Crippen LogP contribution in [0.5, 0.6) is 0 Å². The molecule has 0 saturated carbocycles. The van der Waals surface area contributed by atoms with Crippen LogP contribution in [-0.4, -0.2) is 39.6 Å². The molecule has 1 aliphatic heterocycles. The SMILES string of the molecule is C[C@H]1CCCN(C(=O)CSc2nc(CCc3ccccc3)nc3sc4c(c23)CCCC4)C1. The van der Waals surface area contributed by atoms with Crippen LogP contribution >= 0.6 is 23.1 Å². The summed E-state index contributed by atoms with van der Waals surface area (Å²) < 4.78 is 0. The van der Waals surface area contributed by atoms with Gasteiger partial charge in [-0.05, 0) is 62.0 Å². The van der Waals surface area contributed by atoms with Crippen molar-refractivity contribution in [3.63, 3.8) is 0 Å². The molecular weight excluding hydrogens is 434 g/mol. The molecule has 3 aromatic rings. The molecule has 1 aliphatic carbocycles. The number of thiophene rings is 1. The van der Waals surface area contributed by atoms with Crippen LogP contribution in [0.1, 0.15) is 54.4 Å². The highest BCUT2D eigenvalue weighted by atomic mass is 32.2. The highest BCUT2D eigenvalue weighted by Crippen LogP contribution is 2.40. The van der Waals surface area contributed by atoms with Crippen molar-refractivity contribution in [2.24, 2.45) is 5.92 Å². The van der Waals surface area contributed by atoms with Crippen LogP contribution in [0.15, 0.2) is 35.4 Å². The van der Waals surface area contributed by atoms with E-state index in [1.165, 1.54) is 40.7 Å². The molecule has 32 heavy (non-hydrogen) atoms. The fraction of sp³-hybridized carbons (Fsp3) is 0.500. The van der Waals surface area contributed by atoms with Gasteiger partial charge in [-0.2, -0.15) is 0 Å². The van der Waals surface area contributed by atoms with Crippen molar-refractivity contribution in [1.82, 2.24) is 14.9 Å². The Kier molecular flexibility index (Phi) is 6.79. The van der Waals surface area contributed by atoms with Crippen molar-refractivity contribution in [2.75, 3.05) is 18.8 Å². The molecule has 0 radical (unpaired) electrons.